The second-order valence-corrected chi connectivity index (χ2v) is 6.84. The van der Waals surface area contributed by atoms with Gasteiger partial charge in [0.15, 0.2) is 0 Å². The average molecular weight is 407 g/mol. The molecule has 4 rings (SSSR count). The molecule has 0 unspecified atom stereocenters. The van der Waals surface area contributed by atoms with E-state index in [-0.39, 0.29) is 17.1 Å². The van der Waals surface area contributed by atoms with E-state index in [1.165, 1.54) is 12.3 Å². The zero-order valence-corrected chi connectivity index (χ0v) is 16.2. The Morgan fingerprint density at radius 1 is 1.07 bits per heavy atom. The summed E-state index contributed by atoms with van der Waals surface area (Å²) in [5.41, 5.74) is 7.81. The Hall–Kier alpha value is -3.56. The van der Waals surface area contributed by atoms with Gasteiger partial charge in [0.05, 0.1) is 16.6 Å². The molecule has 2 heterocycles. The number of anilines is 2. The van der Waals surface area contributed by atoms with Crippen molar-refractivity contribution in [2.24, 2.45) is 5.73 Å². The number of aromatic nitrogens is 4. The molecule has 0 atom stereocenters. The van der Waals surface area contributed by atoms with Gasteiger partial charge in [0.2, 0.25) is 11.9 Å². The van der Waals surface area contributed by atoms with Crippen LogP contribution >= 0.6 is 0 Å². The fraction of sp³-hybridized carbons (Fsp3) is 0.190. The highest BCUT2D eigenvalue weighted by atomic mass is 19.1. The minimum Gasteiger partial charge on any atom is -0.330 e. The lowest BCUT2D eigenvalue weighted by Crippen LogP contribution is -2.18. The van der Waals surface area contributed by atoms with Crippen LogP contribution in [0, 0.1) is 5.82 Å². The molecule has 0 bridgehead atoms. The molecule has 6 N–H and O–H groups in total. The molecule has 0 amide bonds. The summed E-state index contributed by atoms with van der Waals surface area (Å²) in [6.45, 7) is 1.91. The normalized spacial score (nSPS) is 11.1. The number of rotatable bonds is 8. The monoisotopic (exact) mass is 407 g/mol. The van der Waals surface area contributed by atoms with E-state index in [4.69, 9.17) is 5.73 Å². The fourth-order valence-electron chi connectivity index (χ4n) is 3.12. The Morgan fingerprint density at radius 2 is 1.93 bits per heavy atom. The van der Waals surface area contributed by atoms with Gasteiger partial charge >= 0.3 is 0 Å². The van der Waals surface area contributed by atoms with Crippen LogP contribution in [0.4, 0.5) is 16.3 Å². The summed E-state index contributed by atoms with van der Waals surface area (Å²) in [7, 11) is 0. The van der Waals surface area contributed by atoms with Gasteiger partial charge in [-0.25, -0.2) is 14.4 Å². The zero-order valence-electron chi connectivity index (χ0n) is 16.2. The summed E-state index contributed by atoms with van der Waals surface area (Å²) in [6.07, 6.45) is 2.21. The number of aromatic amines is 2. The molecule has 4 aromatic rings. The second kappa shape index (κ2) is 8.85. The van der Waals surface area contributed by atoms with Crippen molar-refractivity contribution >= 4 is 22.9 Å². The topological polar surface area (TPSA) is 125 Å². The van der Waals surface area contributed by atoms with E-state index in [1.54, 1.807) is 12.1 Å². The number of nitrogens with zero attached hydrogens (tertiary/aromatic N) is 2. The van der Waals surface area contributed by atoms with E-state index >= 15 is 0 Å². The van der Waals surface area contributed by atoms with Crippen LogP contribution in [0.5, 0.6) is 0 Å². The first kappa shape index (κ1) is 19.7. The van der Waals surface area contributed by atoms with Crippen LogP contribution in [0.1, 0.15) is 12.0 Å². The van der Waals surface area contributed by atoms with E-state index in [0.29, 0.717) is 19.0 Å². The molecule has 0 saturated carbocycles. The molecule has 2 aromatic heterocycles. The second-order valence-electron chi connectivity index (χ2n) is 6.84. The van der Waals surface area contributed by atoms with Crippen LogP contribution in [0.2, 0.25) is 0 Å². The molecule has 0 saturated heterocycles. The highest BCUT2D eigenvalue weighted by Gasteiger charge is 2.12. The first-order valence-corrected chi connectivity index (χ1v) is 9.65. The molecule has 2 aromatic carbocycles. The van der Waals surface area contributed by atoms with Crippen molar-refractivity contribution in [1.82, 2.24) is 25.3 Å². The van der Waals surface area contributed by atoms with Crippen molar-refractivity contribution < 1.29 is 4.39 Å². The number of fused-ring (bicyclic) bond motifs is 1. The largest absolute Gasteiger partial charge is 0.330 e. The van der Waals surface area contributed by atoms with Crippen LogP contribution in [0.3, 0.4) is 0 Å². The number of nitrogens with two attached hydrogens (primary N) is 1. The third-order valence-electron chi connectivity index (χ3n) is 4.64. The van der Waals surface area contributed by atoms with Crippen LogP contribution in [0.15, 0.2) is 53.5 Å². The third-order valence-corrected chi connectivity index (χ3v) is 4.64. The average Bonchev–Trinajstić information content (AvgIpc) is 3.14. The van der Waals surface area contributed by atoms with Crippen LogP contribution in [-0.2, 0) is 6.54 Å². The lowest BCUT2D eigenvalue weighted by Gasteiger charge is -2.08. The van der Waals surface area contributed by atoms with Gasteiger partial charge in [-0.1, -0.05) is 24.3 Å². The number of hydrogen-bond donors (Lipinski definition) is 5. The molecule has 0 radical (unpaired) electrons. The molecule has 30 heavy (non-hydrogen) atoms. The lowest BCUT2D eigenvalue weighted by molar-refractivity contribution is 0.619. The quantitative estimate of drug-likeness (QED) is 0.286. The molecular formula is C21H22FN7O. The summed E-state index contributed by atoms with van der Waals surface area (Å²) >= 11 is 0. The number of para-hydroxylation sites is 2. The van der Waals surface area contributed by atoms with E-state index < -0.39 is 11.4 Å². The Labute approximate surface area is 171 Å². The van der Waals surface area contributed by atoms with Gasteiger partial charge in [-0.15, -0.1) is 0 Å². The van der Waals surface area contributed by atoms with Crippen LogP contribution < -0.4 is 21.9 Å². The molecule has 0 aliphatic carbocycles. The smallest absolute Gasteiger partial charge is 0.260 e. The molecule has 8 nitrogen and oxygen atoms in total. The minimum atomic E-state index is -0.474. The van der Waals surface area contributed by atoms with Crippen molar-refractivity contribution in [1.29, 1.82) is 0 Å². The van der Waals surface area contributed by atoms with Crippen LogP contribution in [0.25, 0.3) is 22.2 Å². The van der Waals surface area contributed by atoms with E-state index in [9.17, 15) is 9.18 Å². The molecule has 154 valence electrons. The number of benzene rings is 2. The summed E-state index contributed by atoms with van der Waals surface area (Å²) < 4.78 is 14.6. The van der Waals surface area contributed by atoms with Crippen molar-refractivity contribution in [3.8, 4) is 11.1 Å². The Bertz CT molecular complexity index is 1180. The van der Waals surface area contributed by atoms with Crippen LogP contribution in [-0.4, -0.2) is 33.0 Å². The van der Waals surface area contributed by atoms with Gasteiger partial charge in [0.25, 0.3) is 5.56 Å². The minimum absolute atomic E-state index is 0.158. The lowest BCUT2D eigenvalue weighted by atomic mass is 10.1. The number of halogens is 1. The van der Waals surface area contributed by atoms with Gasteiger partial charge in [0, 0.05) is 18.3 Å². The van der Waals surface area contributed by atoms with Crippen molar-refractivity contribution in [3.05, 3.63) is 70.4 Å². The third kappa shape index (κ3) is 4.37. The number of H-pyrrole nitrogens is 2. The van der Waals surface area contributed by atoms with Crippen molar-refractivity contribution in [3.63, 3.8) is 0 Å². The van der Waals surface area contributed by atoms with Gasteiger partial charge in [0.1, 0.15) is 5.82 Å². The van der Waals surface area contributed by atoms with E-state index in [1.807, 2.05) is 24.3 Å². The first-order chi connectivity index (χ1) is 14.6. The molecule has 0 spiro atoms. The van der Waals surface area contributed by atoms with Crippen molar-refractivity contribution in [2.45, 2.75) is 13.0 Å². The van der Waals surface area contributed by atoms with Crippen molar-refractivity contribution in [2.75, 3.05) is 18.4 Å². The summed E-state index contributed by atoms with van der Waals surface area (Å²) in [5, 5.41) is 6.12. The van der Waals surface area contributed by atoms with E-state index in [2.05, 4.69) is 30.6 Å². The van der Waals surface area contributed by atoms with Gasteiger partial charge in [-0.05, 0) is 43.3 Å². The van der Waals surface area contributed by atoms with Gasteiger partial charge in [-0.3, -0.25) is 15.1 Å². The van der Waals surface area contributed by atoms with Gasteiger partial charge < -0.3 is 16.0 Å². The molecule has 0 fully saturated rings. The zero-order chi connectivity index (χ0) is 20.9. The predicted molar refractivity (Wildman–Crippen MR) is 115 cm³/mol. The maximum atomic E-state index is 14.6. The molecule has 0 aliphatic rings. The SMILES string of the molecule is NCCCNCc1ccc(-c2cnc(Nc3nc4ccccc4[nH]3)[nH]c2=O)c(F)c1. The highest BCUT2D eigenvalue weighted by Crippen LogP contribution is 2.21. The summed E-state index contributed by atoms with van der Waals surface area (Å²) in [6, 6.07) is 12.4. The maximum absolute atomic E-state index is 14.6. The Balaban J connectivity index is 1.50. The predicted octanol–water partition coefficient (Wildman–Crippen LogP) is 2.63. The Kier molecular flexibility index (Phi) is 5.82. The molecular weight excluding hydrogens is 385 g/mol. The number of nitrogens with one attached hydrogen (secondary N) is 4. The Morgan fingerprint density at radius 3 is 2.70 bits per heavy atom. The standard InChI is InChI=1S/C21H22FN7O/c22-16-10-13(11-24-9-3-8-23)6-7-14(16)15-12-25-20(28-19(15)30)29-21-26-17-4-1-2-5-18(17)27-21/h1-2,4-7,10,12,24H,3,8-9,11,23H2,(H3,25,26,27,28,29,30). The first-order valence-electron chi connectivity index (χ1n) is 9.65. The molecule has 0 aliphatic heterocycles. The molecule has 9 heteroatoms. The number of hydrogen-bond acceptors (Lipinski definition) is 6. The maximum Gasteiger partial charge on any atom is 0.260 e. The van der Waals surface area contributed by atoms with Gasteiger partial charge in [-0.2, -0.15) is 0 Å². The fourth-order valence-corrected chi connectivity index (χ4v) is 3.12. The number of imidazole rings is 1. The summed E-state index contributed by atoms with van der Waals surface area (Å²) in [5.74, 6) is 0.187. The summed E-state index contributed by atoms with van der Waals surface area (Å²) in [4.78, 5) is 26.8. The van der Waals surface area contributed by atoms with E-state index in [0.717, 1.165) is 29.6 Å². The highest BCUT2D eigenvalue weighted by molar-refractivity contribution is 5.77.